The molecule has 3 fully saturated rings. The molecule has 3 aliphatic rings. The van der Waals surface area contributed by atoms with Gasteiger partial charge in [-0.2, -0.15) is 4.31 Å². The highest BCUT2D eigenvalue weighted by atomic mass is 32.2. The van der Waals surface area contributed by atoms with Gasteiger partial charge in [-0.25, -0.2) is 18.4 Å². The summed E-state index contributed by atoms with van der Waals surface area (Å²) in [6, 6.07) is 10.3. The van der Waals surface area contributed by atoms with Gasteiger partial charge in [-0.3, -0.25) is 14.9 Å². The second-order valence-electron chi connectivity index (χ2n) is 7.69. The summed E-state index contributed by atoms with van der Waals surface area (Å²) >= 11 is 0.826. The third kappa shape index (κ3) is 3.84. The zero-order valence-corrected chi connectivity index (χ0v) is 18.0. The van der Waals surface area contributed by atoms with Crippen molar-refractivity contribution in [3.8, 4) is 0 Å². The number of benzene rings is 1. The zero-order valence-electron chi connectivity index (χ0n) is 16.3. The minimum absolute atomic E-state index is 0.226. The van der Waals surface area contributed by atoms with Crippen molar-refractivity contribution >= 4 is 44.8 Å². The van der Waals surface area contributed by atoms with E-state index in [1.807, 2.05) is 0 Å². The van der Waals surface area contributed by atoms with E-state index >= 15 is 0 Å². The van der Waals surface area contributed by atoms with Gasteiger partial charge in [0.15, 0.2) is 5.82 Å². The van der Waals surface area contributed by atoms with Crippen LogP contribution in [0, 0.1) is 11.8 Å². The van der Waals surface area contributed by atoms with Gasteiger partial charge < -0.3 is 4.90 Å². The first kappa shape index (κ1) is 20.2. The highest BCUT2D eigenvalue weighted by Gasteiger charge is 2.44. The number of nitrogens with one attached hydrogen (secondary N) is 1. The molecule has 3 aliphatic heterocycles. The Morgan fingerprint density at radius 2 is 1.74 bits per heavy atom. The molecule has 5 rings (SSSR count). The number of imide groups is 1. The Balaban J connectivity index is 1.29. The highest BCUT2D eigenvalue weighted by molar-refractivity contribution is 8.18. The minimum Gasteiger partial charge on any atom is -0.356 e. The summed E-state index contributed by atoms with van der Waals surface area (Å²) in [6.45, 7) is 2.37. The molecular weight excluding hydrogens is 438 g/mol. The Labute approximate surface area is 183 Å². The van der Waals surface area contributed by atoms with Crippen LogP contribution in [0.15, 0.2) is 52.4 Å². The Morgan fingerprint density at radius 1 is 1.03 bits per heavy atom. The number of nitrogens with zero attached hydrogens (tertiary/aromatic N) is 4. The second-order valence-corrected chi connectivity index (χ2v) is 10.6. The molecule has 31 heavy (non-hydrogen) atoms. The van der Waals surface area contributed by atoms with Gasteiger partial charge >= 0.3 is 0 Å². The van der Waals surface area contributed by atoms with E-state index in [2.05, 4.69) is 20.2 Å². The zero-order chi connectivity index (χ0) is 21.6. The van der Waals surface area contributed by atoms with Gasteiger partial charge in [-0.15, -0.1) is 0 Å². The SMILES string of the molecule is O=C1NC(=O)/C(=C\c2nccc(N3CC4CN(S(=O)(=O)c5ccccc5)CC4C3)n2)S1. The molecular formula is C20H19N5O4S2. The molecule has 2 aromatic rings. The number of fused-ring (bicyclic) bond motifs is 1. The predicted octanol–water partition coefficient (Wildman–Crippen LogP) is 1.56. The molecule has 1 N–H and O–H groups in total. The van der Waals surface area contributed by atoms with Crippen molar-refractivity contribution in [3.05, 3.63) is 53.3 Å². The number of sulfonamides is 1. The van der Waals surface area contributed by atoms with Crippen LogP contribution in [0.2, 0.25) is 0 Å². The molecule has 0 radical (unpaired) electrons. The lowest BCUT2D eigenvalue weighted by molar-refractivity contribution is -0.115. The molecule has 0 bridgehead atoms. The Kier molecular flexibility index (Phi) is 5.03. The molecule has 3 saturated heterocycles. The highest BCUT2D eigenvalue weighted by Crippen LogP contribution is 2.36. The van der Waals surface area contributed by atoms with E-state index in [0.717, 1.165) is 17.6 Å². The smallest absolute Gasteiger partial charge is 0.290 e. The summed E-state index contributed by atoms with van der Waals surface area (Å²) in [6.07, 6.45) is 3.12. The van der Waals surface area contributed by atoms with Crippen molar-refractivity contribution in [1.29, 1.82) is 0 Å². The van der Waals surface area contributed by atoms with Gasteiger partial charge in [-0.05, 0) is 41.8 Å². The fourth-order valence-corrected chi connectivity index (χ4v) is 6.45. The van der Waals surface area contributed by atoms with Gasteiger partial charge in [0.25, 0.3) is 11.1 Å². The molecule has 0 spiro atoms. The lowest BCUT2D eigenvalue weighted by Crippen LogP contribution is -2.33. The van der Waals surface area contributed by atoms with Crippen molar-refractivity contribution in [2.45, 2.75) is 4.90 Å². The van der Waals surface area contributed by atoms with Crippen molar-refractivity contribution in [2.24, 2.45) is 11.8 Å². The van der Waals surface area contributed by atoms with Crippen LogP contribution in [0.1, 0.15) is 5.82 Å². The van der Waals surface area contributed by atoms with Gasteiger partial charge in [0, 0.05) is 38.5 Å². The van der Waals surface area contributed by atoms with Crippen LogP contribution >= 0.6 is 11.8 Å². The summed E-state index contributed by atoms with van der Waals surface area (Å²) in [5.74, 6) is 1.09. The second kappa shape index (κ2) is 7.74. The third-order valence-electron chi connectivity index (χ3n) is 5.72. The maximum absolute atomic E-state index is 12.9. The quantitative estimate of drug-likeness (QED) is 0.689. The van der Waals surface area contributed by atoms with Crippen molar-refractivity contribution in [2.75, 3.05) is 31.1 Å². The molecule has 0 aliphatic carbocycles. The van der Waals surface area contributed by atoms with Crippen LogP contribution in [-0.2, 0) is 14.8 Å². The van der Waals surface area contributed by atoms with E-state index in [-0.39, 0.29) is 16.7 Å². The average Bonchev–Trinajstić information content (AvgIpc) is 3.42. The summed E-state index contributed by atoms with van der Waals surface area (Å²) in [4.78, 5) is 34.5. The molecule has 160 valence electrons. The van der Waals surface area contributed by atoms with Gasteiger partial charge in [0.2, 0.25) is 10.0 Å². The number of hydrogen-bond acceptors (Lipinski definition) is 8. The lowest BCUT2D eigenvalue weighted by Gasteiger charge is -2.22. The fraction of sp³-hybridized carbons (Fsp3) is 0.300. The third-order valence-corrected chi connectivity index (χ3v) is 8.38. The van der Waals surface area contributed by atoms with Gasteiger partial charge in [0.1, 0.15) is 5.82 Å². The van der Waals surface area contributed by atoms with Crippen LogP contribution in [0.5, 0.6) is 0 Å². The Bertz CT molecular complexity index is 1170. The molecule has 9 nitrogen and oxygen atoms in total. The molecule has 2 atom stereocenters. The largest absolute Gasteiger partial charge is 0.356 e. The average molecular weight is 458 g/mol. The van der Waals surface area contributed by atoms with E-state index < -0.39 is 21.2 Å². The summed E-state index contributed by atoms with van der Waals surface area (Å²) in [5.41, 5.74) is 0. The number of anilines is 1. The lowest BCUT2D eigenvalue weighted by atomic mass is 10.0. The number of thioether (sulfide) groups is 1. The fourth-order valence-electron chi connectivity index (χ4n) is 4.22. The number of carbonyl (C=O) groups is 2. The van der Waals surface area contributed by atoms with Crippen LogP contribution < -0.4 is 10.2 Å². The van der Waals surface area contributed by atoms with Crippen molar-refractivity contribution in [1.82, 2.24) is 19.6 Å². The number of aromatic nitrogens is 2. The van der Waals surface area contributed by atoms with Gasteiger partial charge in [0.05, 0.1) is 9.80 Å². The number of carbonyl (C=O) groups excluding carboxylic acids is 2. The normalized spacial score (nSPS) is 25.3. The van der Waals surface area contributed by atoms with E-state index in [1.165, 1.54) is 6.08 Å². The van der Waals surface area contributed by atoms with Crippen LogP contribution in [-0.4, -0.2) is 60.0 Å². The Morgan fingerprint density at radius 3 is 2.39 bits per heavy atom. The maximum Gasteiger partial charge on any atom is 0.290 e. The summed E-state index contributed by atoms with van der Waals surface area (Å²) in [5, 5.41) is 1.80. The first-order valence-corrected chi connectivity index (χ1v) is 12.0. The standard InChI is InChI=1S/C20H19N5O4S2/c26-19-16(30-20(27)23-19)8-17-21-7-6-18(22-17)24-9-13-11-25(12-14(13)10-24)31(28,29)15-4-2-1-3-5-15/h1-8,13-14H,9-12H2,(H,23,26,27)/b16-8+. The van der Waals surface area contributed by atoms with Crippen molar-refractivity contribution < 1.29 is 18.0 Å². The van der Waals surface area contributed by atoms with Crippen LogP contribution in [0.3, 0.4) is 0 Å². The number of rotatable bonds is 4. The monoisotopic (exact) mass is 457 g/mol. The molecule has 11 heteroatoms. The molecule has 1 aromatic carbocycles. The summed E-state index contributed by atoms with van der Waals surface area (Å²) < 4.78 is 27.4. The van der Waals surface area contributed by atoms with Gasteiger partial charge in [-0.1, -0.05) is 18.2 Å². The van der Waals surface area contributed by atoms with E-state index in [1.54, 1.807) is 46.9 Å². The Hall–Kier alpha value is -2.76. The first-order chi connectivity index (χ1) is 14.9. The molecule has 1 aromatic heterocycles. The topological polar surface area (TPSA) is 113 Å². The minimum atomic E-state index is -3.48. The van der Waals surface area contributed by atoms with E-state index in [0.29, 0.717) is 36.9 Å². The molecule has 2 unspecified atom stereocenters. The maximum atomic E-state index is 12.9. The van der Waals surface area contributed by atoms with E-state index in [4.69, 9.17) is 0 Å². The number of hydrogen-bond donors (Lipinski definition) is 1. The molecule has 4 heterocycles. The molecule has 2 amide bonds. The van der Waals surface area contributed by atoms with Crippen molar-refractivity contribution in [3.63, 3.8) is 0 Å². The van der Waals surface area contributed by atoms with Crippen LogP contribution in [0.4, 0.5) is 10.6 Å². The van der Waals surface area contributed by atoms with Crippen LogP contribution in [0.25, 0.3) is 6.08 Å². The molecule has 0 saturated carbocycles. The summed E-state index contributed by atoms with van der Waals surface area (Å²) in [7, 11) is -3.48. The number of amides is 2. The first-order valence-electron chi connectivity index (χ1n) is 9.78. The van der Waals surface area contributed by atoms with E-state index in [9.17, 15) is 18.0 Å². The predicted molar refractivity (Wildman–Crippen MR) is 116 cm³/mol.